The Morgan fingerprint density at radius 2 is 2.24 bits per heavy atom. The summed E-state index contributed by atoms with van der Waals surface area (Å²) in [5.41, 5.74) is 1.37. The number of aromatic amines is 1. The third-order valence-corrected chi connectivity index (χ3v) is 3.64. The molecule has 1 unspecified atom stereocenters. The number of ether oxygens (including phenoxy) is 1. The van der Waals surface area contributed by atoms with Crippen molar-refractivity contribution in [3.8, 4) is 0 Å². The van der Waals surface area contributed by atoms with Crippen molar-refractivity contribution in [2.24, 2.45) is 0 Å². The highest BCUT2D eigenvalue weighted by atomic mass is 32.1. The lowest BCUT2D eigenvalue weighted by Crippen LogP contribution is -2.27. The van der Waals surface area contributed by atoms with Crippen molar-refractivity contribution >= 4 is 12.2 Å². The average molecular weight is 254 g/mol. The number of nitrogens with one attached hydrogen (secondary N) is 1. The first-order chi connectivity index (χ1) is 7.98. The molecule has 4 heteroatoms. The quantitative estimate of drug-likeness (QED) is 0.820. The minimum absolute atomic E-state index is 0.113. The van der Waals surface area contributed by atoms with Crippen LogP contribution >= 0.6 is 12.2 Å². The maximum absolute atomic E-state index is 5.79. The fourth-order valence-corrected chi connectivity index (χ4v) is 2.58. The van der Waals surface area contributed by atoms with Gasteiger partial charge in [0.15, 0.2) is 4.77 Å². The van der Waals surface area contributed by atoms with Crippen LogP contribution < -0.4 is 0 Å². The standard InChI is InChI=1S/C13H22N2OS/c1-13(2,3)11-8-14-12(17)15(11)9-10-6-4-5-7-16-10/h8,10H,4-7,9H2,1-3H3,(H,14,17). The molecule has 96 valence electrons. The first kappa shape index (κ1) is 12.8. The van der Waals surface area contributed by atoms with Crippen molar-refractivity contribution in [2.45, 2.75) is 58.1 Å². The van der Waals surface area contributed by atoms with E-state index in [1.165, 1.54) is 18.5 Å². The molecule has 3 nitrogen and oxygen atoms in total. The van der Waals surface area contributed by atoms with Crippen molar-refractivity contribution in [3.63, 3.8) is 0 Å². The molecule has 1 N–H and O–H groups in total. The molecule has 1 atom stereocenters. The molecule has 1 aliphatic heterocycles. The third kappa shape index (κ3) is 2.99. The first-order valence-electron chi connectivity index (χ1n) is 6.39. The fourth-order valence-electron chi connectivity index (χ4n) is 2.35. The van der Waals surface area contributed by atoms with Gasteiger partial charge in [0.1, 0.15) is 0 Å². The number of hydrogen-bond donors (Lipinski definition) is 1. The second-order valence-corrected chi connectivity index (χ2v) is 6.21. The normalized spacial score (nSPS) is 21.7. The molecule has 0 spiro atoms. The highest BCUT2D eigenvalue weighted by molar-refractivity contribution is 7.71. The fraction of sp³-hybridized carbons (Fsp3) is 0.769. The summed E-state index contributed by atoms with van der Waals surface area (Å²) in [6, 6.07) is 0. The summed E-state index contributed by atoms with van der Waals surface area (Å²) in [6.45, 7) is 8.41. The predicted molar refractivity (Wildman–Crippen MR) is 71.9 cm³/mol. The van der Waals surface area contributed by atoms with Crippen LogP contribution in [0.2, 0.25) is 0 Å². The molecule has 17 heavy (non-hydrogen) atoms. The lowest BCUT2D eigenvalue weighted by molar-refractivity contribution is 0.00502. The number of imidazole rings is 1. The van der Waals surface area contributed by atoms with Crippen LogP contribution in [-0.4, -0.2) is 22.3 Å². The molecule has 0 bridgehead atoms. The van der Waals surface area contributed by atoms with Crippen molar-refractivity contribution < 1.29 is 4.74 Å². The molecule has 1 aliphatic rings. The summed E-state index contributed by atoms with van der Waals surface area (Å²) in [5, 5.41) is 0. The highest BCUT2D eigenvalue weighted by Gasteiger charge is 2.22. The Bertz CT molecular complexity index is 421. The summed E-state index contributed by atoms with van der Waals surface area (Å²) in [5.74, 6) is 0. The monoisotopic (exact) mass is 254 g/mol. The summed E-state index contributed by atoms with van der Waals surface area (Å²) in [6.07, 6.45) is 5.98. The maximum atomic E-state index is 5.79. The van der Waals surface area contributed by atoms with Crippen LogP contribution in [0.5, 0.6) is 0 Å². The predicted octanol–water partition coefficient (Wildman–Crippen LogP) is 3.41. The van der Waals surface area contributed by atoms with Crippen LogP contribution in [0.1, 0.15) is 45.7 Å². The Morgan fingerprint density at radius 1 is 1.47 bits per heavy atom. The summed E-state index contributed by atoms with van der Waals surface area (Å²) in [7, 11) is 0. The van der Waals surface area contributed by atoms with Crippen molar-refractivity contribution in [3.05, 3.63) is 16.7 Å². The zero-order chi connectivity index (χ0) is 12.5. The minimum Gasteiger partial charge on any atom is -0.376 e. The third-order valence-electron chi connectivity index (χ3n) is 3.30. The van der Waals surface area contributed by atoms with Gasteiger partial charge in [0, 0.05) is 23.9 Å². The van der Waals surface area contributed by atoms with E-state index in [4.69, 9.17) is 17.0 Å². The van der Waals surface area contributed by atoms with E-state index in [2.05, 4.69) is 30.3 Å². The van der Waals surface area contributed by atoms with Crippen LogP contribution in [0.3, 0.4) is 0 Å². The minimum atomic E-state index is 0.113. The lowest BCUT2D eigenvalue weighted by Gasteiger charge is -2.26. The molecule has 1 fully saturated rings. The molecule has 0 saturated carbocycles. The Morgan fingerprint density at radius 3 is 2.82 bits per heavy atom. The molecule has 2 heterocycles. The smallest absolute Gasteiger partial charge is 0.177 e. The summed E-state index contributed by atoms with van der Waals surface area (Å²) >= 11 is 5.36. The highest BCUT2D eigenvalue weighted by Crippen LogP contribution is 2.24. The molecule has 1 aromatic rings. The van der Waals surface area contributed by atoms with Crippen molar-refractivity contribution in [1.82, 2.24) is 9.55 Å². The van der Waals surface area contributed by atoms with Gasteiger partial charge >= 0.3 is 0 Å². The average Bonchev–Trinajstić information content (AvgIpc) is 2.62. The SMILES string of the molecule is CC(C)(C)c1c[nH]c(=S)n1CC1CCCCO1. The number of H-pyrrole nitrogens is 1. The number of rotatable bonds is 2. The number of nitrogens with zero attached hydrogens (tertiary/aromatic N) is 1. The molecular weight excluding hydrogens is 232 g/mol. The summed E-state index contributed by atoms with van der Waals surface area (Å²) < 4.78 is 8.80. The summed E-state index contributed by atoms with van der Waals surface area (Å²) in [4.78, 5) is 3.16. The molecule has 0 aromatic carbocycles. The molecule has 0 aliphatic carbocycles. The number of aromatic nitrogens is 2. The van der Waals surface area contributed by atoms with E-state index >= 15 is 0 Å². The maximum Gasteiger partial charge on any atom is 0.177 e. The van der Waals surface area contributed by atoms with Gasteiger partial charge in [-0.15, -0.1) is 0 Å². The van der Waals surface area contributed by atoms with Gasteiger partial charge < -0.3 is 14.3 Å². The van der Waals surface area contributed by atoms with Gasteiger partial charge in [0.05, 0.1) is 12.6 Å². The zero-order valence-corrected chi connectivity index (χ0v) is 11.8. The topological polar surface area (TPSA) is 29.9 Å². The van der Waals surface area contributed by atoms with E-state index in [1.54, 1.807) is 0 Å². The first-order valence-corrected chi connectivity index (χ1v) is 6.79. The van der Waals surface area contributed by atoms with Gasteiger partial charge in [-0.2, -0.15) is 0 Å². The second kappa shape index (κ2) is 4.94. The van der Waals surface area contributed by atoms with E-state index in [-0.39, 0.29) is 5.41 Å². The van der Waals surface area contributed by atoms with E-state index in [9.17, 15) is 0 Å². The van der Waals surface area contributed by atoms with E-state index in [0.29, 0.717) is 6.10 Å². The Hall–Kier alpha value is -0.610. The molecule has 1 saturated heterocycles. The van der Waals surface area contributed by atoms with Gasteiger partial charge in [-0.05, 0) is 31.5 Å². The Balaban J connectivity index is 2.19. The van der Waals surface area contributed by atoms with Crippen LogP contribution in [0, 0.1) is 4.77 Å². The van der Waals surface area contributed by atoms with E-state index in [0.717, 1.165) is 24.3 Å². The molecule has 0 amide bonds. The zero-order valence-electron chi connectivity index (χ0n) is 11.0. The van der Waals surface area contributed by atoms with Gasteiger partial charge in [0.25, 0.3) is 0 Å². The van der Waals surface area contributed by atoms with Gasteiger partial charge in [-0.1, -0.05) is 20.8 Å². The Kier molecular flexibility index (Phi) is 3.73. The lowest BCUT2D eigenvalue weighted by atomic mass is 9.92. The van der Waals surface area contributed by atoms with E-state index in [1.807, 2.05) is 6.20 Å². The molecule has 0 radical (unpaired) electrons. The van der Waals surface area contributed by atoms with Crippen molar-refractivity contribution in [1.29, 1.82) is 0 Å². The number of hydrogen-bond acceptors (Lipinski definition) is 2. The largest absolute Gasteiger partial charge is 0.376 e. The van der Waals surface area contributed by atoms with Crippen molar-refractivity contribution in [2.75, 3.05) is 6.61 Å². The second-order valence-electron chi connectivity index (χ2n) is 5.83. The van der Waals surface area contributed by atoms with Gasteiger partial charge in [0.2, 0.25) is 0 Å². The molecule has 2 rings (SSSR count). The Labute approximate surface area is 108 Å². The van der Waals surface area contributed by atoms with E-state index < -0.39 is 0 Å². The van der Waals surface area contributed by atoms with Crippen LogP contribution in [0.15, 0.2) is 6.20 Å². The van der Waals surface area contributed by atoms with Gasteiger partial charge in [-0.25, -0.2) is 0 Å². The van der Waals surface area contributed by atoms with Crippen LogP contribution in [-0.2, 0) is 16.7 Å². The van der Waals surface area contributed by atoms with Gasteiger partial charge in [-0.3, -0.25) is 0 Å². The van der Waals surface area contributed by atoms with Crippen LogP contribution in [0.4, 0.5) is 0 Å². The molecule has 1 aromatic heterocycles. The molecular formula is C13H22N2OS. The van der Waals surface area contributed by atoms with Crippen LogP contribution in [0.25, 0.3) is 0 Å².